The van der Waals surface area contributed by atoms with Gasteiger partial charge in [0.2, 0.25) is 11.0 Å². The van der Waals surface area contributed by atoms with E-state index in [4.69, 9.17) is 4.42 Å². The highest BCUT2D eigenvalue weighted by Gasteiger charge is 2.25. The molecule has 6 aromatic rings. The van der Waals surface area contributed by atoms with Gasteiger partial charge in [-0.2, -0.15) is 4.58 Å². The summed E-state index contributed by atoms with van der Waals surface area (Å²) in [5.74, 6) is 2.47. The van der Waals surface area contributed by atoms with Crippen molar-refractivity contribution in [1.29, 1.82) is 0 Å². The zero-order chi connectivity index (χ0) is 46.0. The Morgan fingerprint density at radius 2 is 1.20 bits per heavy atom. The Balaban J connectivity index is 1.22. The van der Waals surface area contributed by atoms with Crippen LogP contribution in [0.5, 0.6) is 0 Å². The number of aryl methyl sites for hydroxylation is 4. The highest BCUT2D eigenvalue weighted by molar-refractivity contribution is 7.99. The van der Waals surface area contributed by atoms with Gasteiger partial charge in [-0.15, -0.1) is 23.5 Å². The van der Waals surface area contributed by atoms with Crippen molar-refractivity contribution >= 4 is 61.7 Å². The van der Waals surface area contributed by atoms with Gasteiger partial charge in [-0.3, -0.25) is 0 Å². The van der Waals surface area contributed by atoms with E-state index in [1.54, 1.807) is 18.2 Å². The van der Waals surface area contributed by atoms with Gasteiger partial charge in [0.1, 0.15) is 21.5 Å². The van der Waals surface area contributed by atoms with Crippen molar-refractivity contribution in [1.82, 2.24) is 15.2 Å². The third-order valence-electron chi connectivity index (χ3n) is 11.8. The Kier molecular flexibility index (Phi) is 15.4. The third kappa shape index (κ3) is 11.1. The predicted octanol–water partition coefficient (Wildman–Crippen LogP) is 11.3. The third-order valence-corrected chi connectivity index (χ3v) is 14.7. The molecule has 1 heterocycles. The molecule has 0 aromatic heterocycles. The minimum absolute atomic E-state index is 0.269. The fraction of sp³-hybridized carbons (Fsp3) is 0.218. The molecule has 1 aliphatic carbocycles. The zero-order valence-corrected chi connectivity index (χ0v) is 40.4. The number of anilines is 2. The Labute approximate surface area is 397 Å². The molecule has 0 amide bonds. The quantitative estimate of drug-likeness (QED) is 0.0270. The molecule has 0 spiro atoms. The van der Waals surface area contributed by atoms with Crippen LogP contribution in [0.2, 0.25) is 0 Å². The number of nitrogens with zero attached hydrogens (tertiary/aromatic N) is 2. The van der Waals surface area contributed by atoms with E-state index in [2.05, 4.69) is 157 Å². The number of fused-ring (bicyclic) bond motifs is 2. The van der Waals surface area contributed by atoms with Crippen LogP contribution in [-0.4, -0.2) is 63.7 Å². The molecule has 1 aliphatic heterocycles. The van der Waals surface area contributed by atoms with Crippen molar-refractivity contribution in [3.8, 4) is 22.5 Å². The Bertz CT molecular complexity index is 3040. The van der Waals surface area contributed by atoms with Gasteiger partial charge in [-0.05, 0) is 87.4 Å². The molecule has 6 aromatic carbocycles. The van der Waals surface area contributed by atoms with Crippen LogP contribution >= 0.6 is 23.5 Å². The van der Waals surface area contributed by atoms with Crippen molar-refractivity contribution in [2.24, 2.45) is 0 Å². The summed E-state index contributed by atoms with van der Waals surface area (Å²) in [4.78, 5) is 4.58. The number of nitrogens with one attached hydrogen (secondary N) is 2. The van der Waals surface area contributed by atoms with Crippen molar-refractivity contribution in [2.75, 3.05) is 55.7 Å². The van der Waals surface area contributed by atoms with E-state index >= 15 is 0 Å². The molecule has 0 atom stereocenters. The standard InChI is InChI=1S/C55H56N4O4S3/c1-39-15-13-16-40(2)54(39)58(33-29-56-31-35-64-45-19-7-5-8-20-45)43-25-27-47-50(37-43)63-51-38-44(26-28-48(51)53(47)49-23-11-12-24-52(49)66(60,61)62)59(55-41(3)17-14-18-42(55)4)34-30-57-32-36-65-46-21-9-6-10-22-46/h5-28,37-38,56-57H,29-36H2,1-4H3. The van der Waals surface area contributed by atoms with E-state index < -0.39 is 10.1 Å². The first kappa shape index (κ1) is 46.9. The van der Waals surface area contributed by atoms with Crippen LogP contribution in [0.15, 0.2) is 177 Å². The Morgan fingerprint density at radius 3 is 1.83 bits per heavy atom. The van der Waals surface area contributed by atoms with Crippen LogP contribution in [0.4, 0.5) is 17.1 Å². The van der Waals surface area contributed by atoms with Crippen LogP contribution in [0.3, 0.4) is 0 Å². The first-order chi connectivity index (χ1) is 32.1. The maximum absolute atomic E-state index is 12.9. The summed E-state index contributed by atoms with van der Waals surface area (Å²) in [6, 6.07) is 52.4. The van der Waals surface area contributed by atoms with Gasteiger partial charge < -0.3 is 24.5 Å². The molecule has 66 heavy (non-hydrogen) atoms. The topological polar surface area (TPSA) is 101 Å². The number of hydrogen-bond donors (Lipinski definition) is 2. The van der Waals surface area contributed by atoms with Crippen LogP contribution < -0.4 is 25.5 Å². The molecule has 8 nitrogen and oxygen atoms in total. The van der Waals surface area contributed by atoms with E-state index in [1.165, 1.54) is 15.9 Å². The van der Waals surface area contributed by atoms with Crippen molar-refractivity contribution < 1.29 is 17.4 Å². The van der Waals surface area contributed by atoms with E-state index in [0.717, 1.165) is 82.4 Å². The molecule has 0 saturated heterocycles. The fourth-order valence-electron chi connectivity index (χ4n) is 8.73. The average Bonchev–Trinajstić information content (AvgIpc) is 3.31. The van der Waals surface area contributed by atoms with Gasteiger partial charge in [0, 0.05) is 104 Å². The van der Waals surface area contributed by atoms with Gasteiger partial charge in [-0.25, -0.2) is 8.42 Å². The maximum Gasteiger partial charge on any atom is 0.211 e. The van der Waals surface area contributed by atoms with Gasteiger partial charge >= 0.3 is 0 Å². The van der Waals surface area contributed by atoms with Crippen LogP contribution in [0.1, 0.15) is 22.3 Å². The average molecular weight is 933 g/mol. The second kappa shape index (κ2) is 21.8. The lowest BCUT2D eigenvalue weighted by atomic mass is 9.93. The van der Waals surface area contributed by atoms with Crippen molar-refractivity contribution in [3.05, 3.63) is 185 Å². The lowest BCUT2D eigenvalue weighted by Gasteiger charge is -2.29. The molecule has 0 saturated carbocycles. The molecule has 0 bridgehead atoms. The summed E-state index contributed by atoms with van der Waals surface area (Å²) in [6.45, 7) is 13.1. The largest absolute Gasteiger partial charge is 0.744 e. The molecule has 338 valence electrons. The molecule has 2 N–H and O–H groups in total. The molecule has 11 heteroatoms. The summed E-state index contributed by atoms with van der Waals surface area (Å²) < 4.78 is 48.0. The normalized spacial score (nSPS) is 12.2. The highest BCUT2D eigenvalue weighted by atomic mass is 32.2. The minimum atomic E-state index is -4.83. The molecule has 0 radical (unpaired) electrons. The molecule has 8 rings (SSSR count). The number of thioether (sulfide) groups is 2. The zero-order valence-electron chi connectivity index (χ0n) is 37.9. The predicted molar refractivity (Wildman–Crippen MR) is 275 cm³/mol. The number of para-hydroxylation sites is 2. The van der Waals surface area contributed by atoms with Crippen LogP contribution in [-0.2, 0) is 10.1 Å². The van der Waals surface area contributed by atoms with Crippen molar-refractivity contribution in [3.63, 3.8) is 0 Å². The number of rotatable bonds is 19. The van der Waals surface area contributed by atoms with Gasteiger partial charge in [-0.1, -0.05) is 91.0 Å². The Morgan fingerprint density at radius 1 is 0.606 bits per heavy atom. The summed E-state index contributed by atoms with van der Waals surface area (Å²) in [5.41, 5.74) is 10.0. The van der Waals surface area contributed by atoms with Gasteiger partial charge in [0.15, 0.2) is 6.54 Å². The first-order valence-electron chi connectivity index (χ1n) is 22.4. The summed E-state index contributed by atoms with van der Waals surface area (Å²) in [6.07, 6.45) is 0. The van der Waals surface area contributed by atoms with E-state index in [9.17, 15) is 13.0 Å². The fourth-order valence-corrected chi connectivity index (χ4v) is 11.1. The van der Waals surface area contributed by atoms with E-state index in [-0.39, 0.29) is 4.90 Å². The Hall–Kier alpha value is -5.66. The van der Waals surface area contributed by atoms with E-state index in [0.29, 0.717) is 46.5 Å². The lowest BCUT2D eigenvalue weighted by Crippen LogP contribution is -2.34. The highest BCUT2D eigenvalue weighted by Crippen LogP contribution is 2.44. The number of hydrogen-bond acceptors (Lipinski definition) is 9. The molecular formula is C55H56N4O4S3. The smallest absolute Gasteiger partial charge is 0.211 e. The molecular weight excluding hydrogens is 877 g/mol. The van der Waals surface area contributed by atoms with Gasteiger partial charge in [0.05, 0.1) is 17.5 Å². The minimum Gasteiger partial charge on any atom is -0.744 e. The SMILES string of the molecule is Cc1cccc(C)c1N(CCNCCSc1ccccc1)c1ccc2c(-c3ccccc3S(=O)(=O)[O-])c3ccc(=[N+](CCNCCSc4ccccc4)c4c(C)cccc4C)cc-3oc2c1. The summed E-state index contributed by atoms with van der Waals surface area (Å²) in [5, 5.41) is 8.97. The summed E-state index contributed by atoms with van der Waals surface area (Å²) in [7, 11) is -4.83. The van der Waals surface area contributed by atoms with E-state index in [1.807, 2.05) is 47.8 Å². The number of benzene rings is 7. The van der Waals surface area contributed by atoms with Gasteiger partial charge in [0.25, 0.3) is 0 Å². The lowest BCUT2D eigenvalue weighted by molar-refractivity contribution is 0.463. The second-order valence-corrected chi connectivity index (χ2v) is 20.1. The van der Waals surface area contributed by atoms with Crippen molar-refractivity contribution in [2.45, 2.75) is 42.4 Å². The molecule has 2 aliphatic rings. The maximum atomic E-state index is 12.9. The van der Waals surface area contributed by atoms with Crippen LogP contribution in [0, 0.1) is 27.7 Å². The summed E-state index contributed by atoms with van der Waals surface area (Å²) >= 11 is 3.67. The monoisotopic (exact) mass is 932 g/mol. The first-order valence-corrected chi connectivity index (χ1v) is 25.8. The van der Waals surface area contributed by atoms with Crippen LogP contribution in [0.25, 0.3) is 33.4 Å². The molecule has 0 unspecified atom stereocenters. The molecule has 0 fully saturated rings. The second-order valence-electron chi connectivity index (χ2n) is 16.4.